The zero-order valence-corrected chi connectivity index (χ0v) is 12.5. The average Bonchev–Trinajstić information content (AvgIpc) is 2.85. The van der Waals surface area contributed by atoms with Gasteiger partial charge >= 0.3 is 0 Å². The summed E-state index contributed by atoms with van der Waals surface area (Å²) < 4.78 is 0. The highest BCUT2D eigenvalue weighted by Gasteiger charge is 2.43. The van der Waals surface area contributed by atoms with Gasteiger partial charge in [0.25, 0.3) is 0 Å². The number of anilines is 1. The number of rotatable bonds is 2. The van der Waals surface area contributed by atoms with Gasteiger partial charge in [0.05, 0.1) is 5.69 Å². The predicted octanol–water partition coefficient (Wildman–Crippen LogP) is 2.20. The van der Waals surface area contributed by atoms with E-state index in [-0.39, 0.29) is 0 Å². The van der Waals surface area contributed by atoms with Crippen LogP contribution < -0.4 is 4.90 Å². The van der Waals surface area contributed by atoms with Crippen LogP contribution in [0.1, 0.15) is 5.56 Å². The van der Waals surface area contributed by atoms with E-state index in [9.17, 15) is 0 Å². The van der Waals surface area contributed by atoms with Crippen LogP contribution in [0.15, 0.2) is 36.4 Å². The van der Waals surface area contributed by atoms with E-state index in [2.05, 4.69) is 64.3 Å². The fraction of sp³-hybridized carbons (Fsp3) is 0.412. The highest BCUT2D eigenvalue weighted by atomic mass is 15.3. The Morgan fingerprint density at radius 3 is 2.52 bits per heavy atom. The van der Waals surface area contributed by atoms with Crippen molar-refractivity contribution in [2.24, 2.45) is 5.92 Å². The largest absolute Gasteiger partial charge is 0.353 e. The second-order valence-electron chi connectivity index (χ2n) is 6.26. The van der Waals surface area contributed by atoms with Crippen molar-refractivity contribution in [1.82, 2.24) is 15.1 Å². The minimum atomic E-state index is 0.711. The first-order valence-corrected chi connectivity index (χ1v) is 7.57. The number of aryl methyl sites for hydroxylation is 1. The minimum Gasteiger partial charge on any atom is -0.353 e. The molecule has 2 aliphatic rings. The number of hydrogen-bond acceptors (Lipinski definition) is 4. The monoisotopic (exact) mass is 280 g/mol. The highest BCUT2D eigenvalue weighted by Crippen LogP contribution is 2.33. The lowest BCUT2D eigenvalue weighted by atomic mass is 9.93. The van der Waals surface area contributed by atoms with Crippen molar-refractivity contribution in [3.8, 4) is 11.3 Å². The van der Waals surface area contributed by atoms with Gasteiger partial charge in [-0.3, -0.25) is 0 Å². The van der Waals surface area contributed by atoms with Crippen molar-refractivity contribution < 1.29 is 0 Å². The zero-order valence-electron chi connectivity index (χ0n) is 12.5. The summed E-state index contributed by atoms with van der Waals surface area (Å²) in [4.78, 5) is 4.80. The molecule has 4 nitrogen and oxygen atoms in total. The first kappa shape index (κ1) is 12.8. The Labute approximate surface area is 125 Å². The molecule has 0 aliphatic carbocycles. The fourth-order valence-corrected chi connectivity index (χ4v) is 3.59. The van der Waals surface area contributed by atoms with E-state index in [1.165, 1.54) is 12.1 Å². The maximum atomic E-state index is 4.46. The van der Waals surface area contributed by atoms with Gasteiger partial charge in [-0.05, 0) is 31.7 Å². The number of fused-ring (bicyclic) bond motifs is 1. The fourth-order valence-electron chi connectivity index (χ4n) is 3.59. The molecule has 3 heterocycles. The lowest BCUT2D eigenvalue weighted by molar-refractivity contribution is 0.0827. The van der Waals surface area contributed by atoms with Crippen LogP contribution in [0.2, 0.25) is 0 Å². The van der Waals surface area contributed by atoms with Gasteiger partial charge in [0, 0.05) is 37.2 Å². The van der Waals surface area contributed by atoms with Crippen LogP contribution in [0, 0.1) is 12.8 Å². The van der Waals surface area contributed by atoms with Crippen molar-refractivity contribution in [2.45, 2.75) is 13.0 Å². The van der Waals surface area contributed by atoms with Gasteiger partial charge in [-0.1, -0.05) is 24.3 Å². The lowest BCUT2D eigenvalue weighted by Crippen LogP contribution is -2.52. The Balaban J connectivity index is 1.56. The molecule has 21 heavy (non-hydrogen) atoms. The molecule has 1 aromatic carbocycles. The molecular formula is C17H20N4. The van der Waals surface area contributed by atoms with E-state index in [0.717, 1.165) is 36.1 Å². The molecular weight excluding hydrogens is 260 g/mol. The first-order chi connectivity index (χ1) is 10.2. The maximum absolute atomic E-state index is 4.46. The minimum absolute atomic E-state index is 0.711. The number of nitrogens with zero attached hydrogens (tertiary/aromatic N) is 4. The molecule has 1 aromatic heterocycles. The molecule has 0 N–H and O–H groups in total. The topological polar surface area (TPSA) is 32.3 Å². The van der Waals surface area contributed by atoms with E-state index >= 15 is 0 Å². The molecule has 108 valence electrons. The van der Waals surface area contributed by atoms with Crippen molar-refractivity contribution in [3.05, 3.63) is 42.0 Å². The number of likely N-dealkylation sites (tertiary alicyclic amines) is 1. The second kappa shape index (κ2) is 4.81. The molecule has 0 unspecified atom stereocenters. The van der Waals surface area contributed by atoms with Crippen molar-refractivity contribution in [2.75, 3.05) is 31.6 Å². The normalized spacial score (nSPS) is 24.8. The molecule has 2 atom stereocenters. The average molecular weight is 280 g/mol. The van der Waals surface area contributed by atoms with Gasteiger partial charge in [-0.25, -0.2) is 0 Å². The Kier molecular flexibility index (Phi) is 2.93. The second-order valence-corrected chi connectivity index (χ2v) is 6.26. The Hall–Kier alpha value is -1.94. The van der Waals surface area contributed by atoms with Crippen molar-refractivity contribution >= 4 is 5.82 Å². The Morgan fingerprint density at radius 1 is 1.00 bits per heavy atom. The number of hydrogen-bond donors (Lipinski definition) is 0. The van der Waals surface area contributed by atoms with Gasteiger partial charge in [0.15, 0.2) is 5.82 Å². The Bertz CT molecular complexity index is 652. The predicted molar refractivity (Wildman–Crippen MR) is 84.3 cm³/mol. The summed E-state index contributed by atoms with van der Waals surface area (Å²) in [5.74, 6) is 1.82. The van der Waals surface area contributed by atoms with Gasteiger partial charge in [-0.15, -0.1) is 10.2 Å². The Morgan fingerprint density at radius 2 is 1.86 bits per heavy atom. The summed E-state index contributed by atoms with van der Waals surface area (Å²) in [6.07, 6.45) is 0. The molecule has 0 spiro atoms. The number of aromatic nitrogens is 2. The van der Waals surface area contributed by atoms with Gasteiger partial charge in [0.1, 0.15) is 0 Å². The van der Waals surface area contributed by atoms with Crippen LogP contribution >= 0.6 is 0 Å². The molecule has 0 bridgehead atoms. The van der Waals surface area contributed by atoms with Crippen LogP contribution in [-0.4, -0.2) is 47.8 Å². The third-order valence-electron chi connectivity index (χ3n) is 4.89. The van der Waals surface area contributed by atoms with Gasteiger partial charge in [0.2, 0.25) is 0 Å². The van der Waals surface area contributed by atoms with E-state index in [1.54, 1.807) is 0 Å². The van der Waals surface area contributed by atoms with Crippen LogP contribution in [0.5, 0.6) is 0 Å². The van der Waals surface area contributed by atoms with Crippen LogP contribution in [0.4, 0.5) is 5.82 Å². The molecule has 2 saturated heterocycles. The summed E-state index contributed by atoms with van der Waals surface area (Å²) in [5, 5.41) is 8.90. The van der Waals surface area contributed by atoms with Crippen molar-refractivity contribution in [1.29, 1.82) is 0 Å². The molecule has 0 radical (unpaired) electrons. The SMILES string of the molecule is Cc1ccccc1-c1ccc(N2C[C@H]3CN(C)[C@H]3C2)nn1. The van der Waals surface area contributed by atoms with E-state index < -0.39 is 0 Å². The van der Waals surface area contributed by atoms with E-state index in [4.69, 9.17) is 0 Å². The summed E-state index contributed by atoms with van der Waals surface area (Å²) >= 11 is 0. The highest BCUT2D eigenvalue weighted by molar-refractivity contribution is 5.63. The molecule has 4 rings (SSSR count). The van der Waals surface area contributed by atoms with E-state index in [1.807, 2.05) is 6.07 Å². The first-order valence-electron chi connectivity index (χ1n) is 7.57. The molecule has 0 amide bonds. The van der Waals surface area contributed by atoms with Gasteiger partial charge in [-0.2, -0.15) is 0 Å². The van der Waals surface area contributed by atoms with Crippen LogP contribution in [-0.2, 0) is 0 Å². The van der Waals surface area contributed by atoms with E-state index in [0.29, 0.717) is 6.04 Å². The zero-order chi connectivity index (χ0) is 14.4. The lowest BCUT2D eigenvalue weighted by Gasteiger charge is -2.40. The summed E-state index contributed by atoms with van der Waals surface area (Å²) in [6.45, 7) is 5.53. The third kappa shape index (κ3) is 2.10. The standard InChI is InChI=1S/C17H20N4/c1-12-5-3-4-6-14(12)15-7-8-17(19-18-15)21-10-13-9-20(2)16(13)11-21/h3-8,13,16H,9-11H2,1-2H3/t13-,16+/m1/s1. The quantitative estimate of drug-likeness (QED) is 0.844. The van der Waals surface area contributed by atoms with Crippen LogP contribution in [0.3, 0.4) is 0 Å². The molecule has 2 fully saturated rings. The molecule has 0 saturated carbocycles. The third-order valence-corrected chi connectivity index (χ3v) is 4.89. The molecule has 2 aromatic rings. The smallest absolute Gasteiger partial charge is 0.151 e. The van der Waals surface area contributed by atoms with Crippen molar-refractivity contribution in [3.63, 3.8) is 0 Å². The molecule has 4 heteroatoms. The maximum Gasteiger partial charge on any atom is 0.151 e. The summed E-state index contributed by atoms with van der Waals surface area (Å²) in [5.41, 5.74) is 3.36. The number of benzene rings is 1. The molecule has 2 aliphatic heterocycles. The van der Waals surface area contributed by atoms with Crippen LogP contribution in [0.25, 0.3) is 11.3 Å². The summed E-state index contributed by atoms with van der Waals surface area (Å²) in [7, 11) is 2.21. The number of likely N-dealkylation sites (N-methyl/N-ethyl adjacent to an activating group) is 1. The van der Waals surface area contributed by atoms with Gasteiger partial charge < -0.3 is 9.80 Å². The summed E-state index contributed by atoms with van der Waals surface area (Å²) in [6, 6.07) is 13.2.